The Balaban J connectivity index is 2.15. The Hall–Kier alpha value is -2.08. The minimum atomic E-state index is 0.128. The van der Waals surface area contributed by atoms with Crippen molar-refractivity contribution in [3.63, 3.8) is 0 Å². The van der Waals surface area contributed by atoms with E-state index in [1.807, 2.05) is 37.3 Å². The number of thioether (sulfide) groups is 1. The van der Waals surface area contributed by atoms with Crippen LogP contribution in [0.25, 0.3) is 0 Å². The first kappa shape index (κ1) is 15.3. The van der Waals surface area contributed by atoms with Gasteiger partial charge in [0, 0.05) is 11.4 Å². The maximum Gasteiger partial charge on any atom is 0.232 e. The molecule has 0 spiro atoms. The molecule has 3 N–H and O–H groups in total. The third-order valence-corrected chi connectivity index (χ3v) is 4.01. The second-order valence-corrected chi connectivity index (χ2v) is 6.11. The van der Waals surface area contributed by atoms with Gasteiger partial charge in [-0.15, -0.1) is 11.8 Å². The summed E-state index contributed by atoms with van der Waals surface area (Å²) < 4.78 is 0. The molecule has 0 aliphatic carbocycles. The Morgan fingerprint density at radius 3 is 2.67 bits per heavy atom. The standard InChI is InChI=1S/C15H19N5S/c1-10(2)9-21-11(3)13-18-14(16)20-15(19-13)17-12-7-5-4-6-8-12/h4-8,11H,1,9H2,2-3H3,(H3,16,17,18,19,20)/t11-/m0/s1. The van der Waals surface area contributed by atoms with Gasteiger partial charge < -0.3 is 11.1 Å². The molecule has 0 aliphatic rings. The zero-order chi connectivity index (χ0) is 15.2. The van der Waals surface area contributed by atoms with E-state index in [0.717, 1.165) is 17.0 Å². The largest absolute Gasteiger partial charge is 0.368 e. The summed E-state index contributed by atoms with van der Waals surface area (Å²) in [6, 6.07) is 9.73. The Bertz CT molecular complexity index is 615. The number of para-hydroxylation sites is 1. The molecule has 0 saturated carbocycles. The summed E-state index contributed by atoms with van der Waals surface area (Å²) in [4.78, 5) is 12.8. The highest BCUT2D eigenvalue weighted by Crippen LogP contribution is 2.27. The first-order valence-electron chi connectivity index (χ1n) is 6.64. The van der Waals surface area contributed by atoms with Gasteiger partial charge >= 0.3 is 0 Å². The zero-order valence-electron chi connectivity index (χ0n) is 12.2. The number of hydrogen-bond acceptors (Lipinski definition) is 6. The molecular formula is C15H19N5S. The first-order chi connectivity index (χ1) is 10.0. The van der Waals surface area contributed by atoms with Gasteiger partial charge in [0.05, 0.1) is 5.25 Å². The minimum absolute atomic E-state index is 0.128. The van der Waals surface area contributed by atoms with Crippen molar-refractivity contribution in [2.75, 3.05) is 16.8 Å². The molecule has 0 bridgehead atoms. The van der Waals surface area contributed by atoms with Crippen LogP contribution in [-0.4, -0.2) is 20.7 Å². The zero-order valence-corrected chi connectivity index (χ0v) is 13.0. The number of nitrogens with two attached hydrogens (primary N) is 1. The molecule has 5 nitrogen and oxygen atoms in total. The summed E-state index contributed by atoms with van der Waals surface area (Å²) >= 11 is 1.73. The lowest BCUT2D eigenvalue weighted by Gasteiger charge is -2.12. The Labute approximate surface area is 129 Å². The number of nitrogens with zero attached hydrogens (tertiary/aromatic N) is 3. The monoisotopic (exact) mass is 301 g/mol. The van der Waals surface area contributed by atoms with Gasteiger partial charge in [0.15, 0.2) is 0 Å². The first-order valence-corrected chi connectivity index (χ1v) is 7.69. The van der Waals surface area contributed by atoms with E-state index in [9.17, 15) is 0 Å². The number of aromatic nitrogens is 3. The van der Waals surface area contributed by atoms with Crippen molar-refractivity contribution in [3.8, 4) is 0 Å². The SMILES string of the molecule is C=C(C)CS[C@@H](C)c1nc(N)nc(Nc2ccccc2)n1. The van der Waals surface area contributed by atoms with E-state index < -0.39 is 0 Å². The van der Waals surface area contributed by atoms with Crippen LogP contribution >= 0.6 is 11.8 Å². The van der Waals surface area contributed by atoms with Crippen LogP contribution in [0.5, 0.6) is 0 Å². The van der Waals surface area contributed by atoms with Crippen LogP contribution < -0.4 is 11.1 Å². The Morgan fingerprint density at radius 1 is 1.29 bits per heavy atom. The van der Waals surface area contributed by atoms with Crippen molar-refractivity contribution < 1.29 is 0 Å². The number of nitrogens with one attached hydrogen (secondary N) is 1. The summed E-state index contributed by atoms with van der Waals surface area (Å²) in [5.74, 6) is 2.23. The molecule has 0 fully saturated rings. The number of rotatable bonds is 6. The van der Waals surface area contributed by atoms with Gasteiger partial charge in [-0.2, -0.15) is 15.0 Å². The average molecular weight is 301 g/mol. The van der Waals surface area contributed by atoms with E-state index in [0.29, 0.717) is 11.8 Å². The molecule has 0 amide bonds. The normalized spacial score (nSPS) is 11.9. The highest BCUT2D eigenvalue weighted by Gasteiger charge is 2.12. The summed E-state index contributed by atoms with van der Waals surface area (Å²) in [6.07, 6.45) is 0. The maximum absolute atomic E-state index is 5.78. The molecule has 110 valence electrons. The lowest BCUT2D eigenvalue weighted by atomic mass is 10.3. The summed E-state index contributed by atoms with van der Waals surface area (Å²) in [7, 11) is 0. The van der Waals surface area contributed by atoms with E-state index in [4.69, 9.17) is 5.73 Å². The molecule has 1 aromatic heterocycles. The highest BCUT2D eigenvalue weighted by molar-refractivity contribution is 7.99. The second-order valence-electron chi connectivity index (χ2n) is 4.78. The van der Waals surface area contributed by atoms with Gasteiger partial charge in [-0.1, -0.05) is 30.4 Å². The minimum Gasteiger partial charge on any atom is -0.368 e. The van der Waals surface area contributed by atoms with Gasteiger partial charge in [0.2, 0.25) is 11.9 Å². The van der Waals surface area contributed by atoms with Gasteiger partial charge in [0.1, 0.15) is 5.82 Å². The van der Waals surface area contributed by atoms with Crippen LogP contribution in [0, 0.1) is 0 Å². The van der Waals surface area contributed by atoms with Crippen molar-refractivity contribution in [2.24, 2.45) is 0 Å². The molecular weight excluding hydrogens is 282 g/mol. The average Bonchev–Trinajstić information content (AvgIpc) is 2.45. The summed E-state index contributed by atoms with van der Waals surface area (Å²) in [5, 5.41) is 3.26. The van der Waals surface area contributed by atoms with E-state index in [-0.39, 0.29) is 11.2 Å². The number of nitrogen functional groups attached to an aromatic ring is 1. The fourth-order valence-corrected chi connectivity index (χ4v) is 2.43. The van der Waals surface area contributed by atoms with Crippen LogP contribution in [0.15, 0.2) is 42.5 Å². The van der Waals surface area contributed by atoms with Crippen molar-refractivity contribution in [2.45, 2.75) is 19.1 Å². The summed E-state index contributed by atoms with van der Waals surface area (Å²) in [5.41, 5.74) is 7.81. The molecule has 21 heavy (non-hydrogen) atoms. The molecule has 0 saturated heterocycles. The number of hydrogen-bond donors (Lipinski definition) is 2. The Morgan fingerprint density at radius 2 is 2.00 bits per heavy atom. The third-order valence-electron chi connectivity index (χ3n) is 2.64. The highest BCUT2D eigenvalue weighted by atomic mass is 32.2. The lowest BCUT2D eigenvalue weighted by Crippen LogP contribution is -2.08. The molecule has 1 atom stereocenters. The van der Waals surface area contributed by atoms with Crippen molar-refractivity contribution in [1.29, 1.82) is 0 Å². The predicted molar refractivity (Wildman–Crippen MR) is 89.7 cm³/mol. The molecule has 0 unspecified atom stereocenters. The second kappa shape index (κ2) is 7.08. The van der Waals surface area contributed by atoms with E-state index in [1.165, 1.54) is 0 Å². The van der Waals surface area contributed by atoms with Crippen molar-refractivity contribution in [1.82, 2.24) is 15.0 Å². The van der Waals surface area contributed by atoms with Crippen LogP contribution in [0.2, 0.25) is 0 Å². The molecule has 0 aliphatic heterocycles. The number of anilines is 3. The topological polar surface area (TPSA) is 76.7 Å². The van der Waals surface area contributed by atoms with E-state index >= 15 is 0 Å². The predicted octanol–water partition coefficient (Wildman–Crippen LogP) is 3.57. The molecule has 0 radical (unpaired) electrons. The molecule has 2 rings (SSSR count). The van der Waals surface area contributed by atoms with E-state index in [1.54, 1.807) is 11.8 Å². The quantitative estimate of drug-likeness (QED) is 0.794. The fraction of sp³-hybridized carbons (Fsp3) is 0.267. The van der Waals surface area contributed by atoms with Crippen molar-refractivity contribution in [3.05, 3.63) is 48.3 Å². The smallest absolute Gasteiger partial charge is 0.232 e. The molecule has 1 aromatic carbocycles. The third kappa shape index (κ3) is 4.75. The van der Waals surface area contributed by atoms with Crippen LogP contribution in [-0.2, 0) is 0 Å². The van der Waals surface area contributed by atoms with E-state index in [2.05, 4.69) is 33.8 Å². The Kier molecular flexibility index (Phi) is 5.16. The van der Waals surface area contributed by atoms with Gasteiger partial charge in [-0.25, -0.2) is 0 Å². The van der Waals surface area contributed by atoms with Crippen LogP contribution in [0.1, 0.15) is 24.9 Å². The fourth-order valence-electron chi connectivity index (χ4n) is 1.64. The number of benzene rings is 1. The molecule has 1 heterocycles. The molecule has 2 aromatic rings. The molecule has 6 heteroatoms. The maximum atomic E-state index is 5.78. The lowest BCUT2D eigenvalue weighted by molar-refractivity contribution is 0.897. The van der Waals surface area contributed by atoms with Crippen LogP contribution in [0.4, 0.5) is 17.6 Å². The van der Waals surface area contributed by atoms with Crippen LogP contribution in [0.3, 0.4) is 0 Å². The van der Waals surface area contributed by atoms with Gasteiger partial charge in [-0.05, 0) is 26.0 Å². The van der Waals surface area contributed by atoms with Crippen molar-refractivity contribution >= 4 is 29.3 Å². The van der Waals surface area contributed by atoms with Gasteiger partial charge in [0.25, 0.3) is 0 Å². The van der Waals surface area contributed by atoms with Gasteiger partial charge in [-0.3, -0.25) is 0 Å². The summed E-state index contributed by atoms with van der Waals surface area (Å²) in [6.45, 7) is 7.95.